The van der Waals surface area contributed by atoms with Crippen LogP contribution in [0, 0.1) is 5.92 Å². The van der Waals surface area contributed by atoms with Gasteiger partial charge < -0.3 is 10.1 Å². The summed E-state index contributed by atoms with van der Waals surface area (Å²) in [6, 6.07) is 5.71. The highest BCUT2D eigenvalue weighted by Crippen LogP contribution is 2.15. The van der Waals surface area contributed by atoms with Gasteiger partial charge >= 0.3 is 12.0 Å². The van der Waals surface area contributed by atoms with Gasteiger partial charge in [0.2, 0.25) is 0 Å². The first-order chi connectivity index (χ1) is 11.3. The molecule has 7 nitrogen and oxygen atoms in total. The second-order valence-electron chi connectivity index (χ2n) is 5.36. The van der Waals surface area contributed by atoms with Gasteiger partial charge in [-0.2, -0.15) is 0 Å². The monoisotopic (exact) mass is 354 g/mol. The van der Waals surface area contributed by atoms with Crippen LogP contribution in [0.4, 0.5) is 4.79 Å². The first-order valence-corrected chi connectivity index (χ1v) is 8.89. The van der Waals surface area contributed by atoms with E-state index >= 15 is 0 Å². The van der Waals surface area contributed by atoms with Crippen molar-refractivity contribution in [1.82, 2.24) is 10.6 Å². The summed E-state index contributed by atoms with van der Waals surface area (Å²) >= 11 is 0. The van der Waals surface area contributed by atoms with Crippen molar-refractivity contribution in [3.05, 3.63) is 29.8 Å². The summed E-state index contributed by atoms with van der Waals surface area (Å²) in [6.45, 7) is 5.40. The van der Waals surface area contributed by atoms with Gasteiger partial charge in [0.05, 0.1) is 21.3 Å². The topological polar surface area (TPSA) is 102 Å². The van der Waals surface area contributed by atoms with Crippen molar-refractivity contribution in [2.45, 2.75) is 25.7 Å². The second kappa shape index (κ2) is 9.82. The predicted molar refractivity (Wildman–Crippen MR) is 90.1 cm³/mol. The van der Waals surface area contributed by atoms with Crippen LogP contribution in [0.15, 0.2) is 29.2 Å². The lowest BCUT2D eigenvalue weighted by Gasteiger charge is -2.10. The van der Waals surface area contributed by atoms with Crippen molar-refractivity contribution in [1.29, 1.82) is 0 Å². The maximum absolute atomic E-state index is 12.1. The lowest BCUT2D eigenvalue weighted by atomic mass is 10.2. The van der Waals surface area contributed by atoms with Gasteiger partial charge in [-0.3, -0.25) is 14.3 Å². The second-order valence-corrected chi connectivity index (χ2v) is 7.07. The Bertz CT molecular complexity index is 631. The predicted octanol–water partition coefficient (Wildman–Crippen LogP) is 1.45. The maximum atomic E-state index is 12.1. The molecule has 0 bridgehead atoms. The lowest BCUT2D eigenvalue weighted by Crippen LogP contribution is -2.42. The van der Waals surface area contributed by atoms with E-state index in [9.17, 15) is 18.6 Å². The third-order valence-electron chi connectivity index (χ3n) is 2.87. The molecule has 3 amide bonds. The van der Waals surface area contributed by atoms with E-state index in [1.54, 1.807) is 25.1 Å². The normalized spacial score (nSPS) is 11.7. The Morgan fingerprint density at radius 1 is 1.21 bits per heavy atom. The maximum Gasteiger partial charge on any atom is 0.339 e. The molecule has 0 radical (unpaired) electrons. The zero-order valence-electron chi connectivity index (χ0n) is 14.0. The summed E-state index contributed by atoms with van der Waals surface area (Å²) in [5.41, 5.74) is 0.148. The smallest absolute Gasteiger partial charge is 0.339 e. The largest absolute Gasteiger partial charge is 0.452 e. The average Bonchev–Trinajstić information content (AvgIpc) is 2.57. The fraction of sp³-hybridized carbons (Fsp3) is 0.438. The molecule has 0 heterocycles. The van der Waals surface area contributed by atoms with Crippen molar-refractivity contribution in [3.8, 4) is 0 Å². The van der Waals surface area contributed by atoms with E-state index in [0.717, 1.165) is 0 Å². The highest BCUT2D eigenvalue weighted by Gasteiger charge is 2.17. The number of nitrogens with one attached hydrogen (secondary N) is 2. The molecular weight excluding hydrogens is 332 g/mol. The summed E-state index contributed by atoms with van der Waals surface area (Å²) in [5, 5.41) is 4.58. The Morgan fingerprint density at radius 3 is 2.50 bits per heavy atom. The van der Waals surface area contributed by atoms with Crippen LogP contribution in [0.25, 0.3) is 0 Å². The summed E-state index contributed by atoms with van der Waals surface area (Å²) in [6.07, 6.45) is 0. The molecule has 0 aliphatic heterocycles. The highest BCUT2D eigenvalue weighted by atomic mass is 32.2. The zero-order chi connectivity index (χ0) is 18.1. The van der Waals surface area contributed by atoms with Gasteiger partial charge in [0.25, 0.3) is 5.91 Å². The summed E-state index contributed by atoms with van der Waals surface area (Å²) in [5.74, 6) is -0.885. The number of amides is 3. The van der Waals surface area contributed by atoms with Gasteiger partial charge in [0, 0.05) is 12.3 Å². The molecule has 1 rings (SSSR count). The van der Waals surface area contributed by atoms with Crippen LogP contribution < -0.4 is 10.6 Å². The molecule has 0 fully saturated rings. The van der Waals surface area contributed by atoms with Crippen molar-refractivity contribution in [3.63, 3.8) is 0 Å². The standard InChI is InChI=1S/C16H22N2O5S/c1-4-24(22)13-8-6-5-7-12(13)15(20)23-10-14(19)18-16(21)17-9-11(2)3/h5-8,11H,4,9-10H2,1-3H3,(H2,17,18,19,21). The third kappa shape index (κ3) is 6.49. The van der Waals surface area contributed by atoms with Crippen LogP contribution >= 0.6 is 0 Å². The molecule has 0 saturated carbocycles. The van der Waals surface area contributed by atoms with Crippen molar-refractivity contribution < 1.29 is 23.3 Å². The van der Waals surface area contributed by atoms with Crippen LogP contribution in [-0.2, 0) is 20.3 Å². The summed E-state index contributed by atoms with van der Waals surface area (Å²) < 4.78 is 16.8. The molecule has 8 heteroatoms. The van der Waals surface area contributed by atoms with E-state index in [0.29, 0.717) is 17.2 Å². The van der Waals surface area contributed by atoms with E-state index < -0.39 is 35.3 Å². The number of esters is 1. The third-order valence-corrected chi connectivity index (χ3v) is 4.24. The molecule has 0 spiro atoms. The molecule has 24 heavy (non-hydrogen) atoms. The summed E-state index contributed by atoms with van der Waals surface area (Å²) in [4.78, 5) is 35.4. The molecule has 0 aliphatic rings. The van der Waals surface area contributed by atoms with Crippen molar-refractivity contribution in [2.24, 2.45) is 5.92 Å². The zero-order valence-corrected chi connectivity index (χ0v) is 14.8. The first kappa shape index (κ1) is 19.8. The summed E-state index contributed by atoms with van der Waals surface area (Å²) in [7, 11) is -1.32. The van der Waals surface area contributed by atoms with Crippen LogP contribution in [0.2, 0.25) is 0 Å². The number of hydrogen-bond donors (Lipinski definition) is 2. The number of benzene rings is 1. The molecule has 132 valence electrons. The van der Waals surface area contributed by atoms with E-state index in [2.05, 4.69) is 10.6 Å². The minimum Gasteiger partial charge on any atom is -0.452 e. The van der Waals surface area contributed by atoms with Gasteiger partial charge in [0.1, 0.15) is 0 Å². The average molecular weight is 354 g/mol. The molecule has 1 atom stereocenters. The SMILES string of the molecule is CCS(=O)c1ccccc1C(=O)OCC(=O)NC(=O)NCC(C)C. The van der Waals surface area contributed by atoms with Gasteiger partial charge in [-0.25, -0.2) is 9.59 Å². The first-order valence-electron chi connectivity index (χ1n) is 7.57. The fourth-order valence-electron chi connectivity index (χ4n) is 1.70. The Balaban J connectivity index is 2.56. The molecule has 0 saturated heterocycles. The Hall–Kier alpha value is -2.22. The fourth-order valence-corrected chi connectivity index (χ4v) is 2.64. The van der Waals surface area contributed by atoms with Gasteiger partial charge in [-0.1, -0.05) is 32.9 Å². The van der Waals surface area contributed by atoms with E-state index in [-0.39, 0.29) is 11.5 Å². The number of carbonyl (C=O) groups is 3. The van der Waals surface area contributed by atoms with Crippen LogP contribution in [0.3, 0.4) is 0 Å². The van der Waals surface area contributed by atoms with Crippen molar-refractivity contribution in [2.75, 3.05) is 18.9 Å². The number of rotatable bonds is 7. The van der Waals surface area contributed by atoms with Crippen molar-refractivity contribution >= 4 is 28.7 Å². The van der Waals surface area contributed by atoms with Gasteiger partial charge in [-0.05, 0) is 18.1 Å². The molecule has 2 N–H and O–H groups in total. The van der Waals surface area contributed by atoms with E-state index in [1.165, 1.54) is 6.07 Å². The number of imide groups is 1. The Morgan fingerprint density at radius 2 is 1.88 bits per heavy atom. The molecule has 1 unspecified atom stereocenters. The Labute approximate surface area is 143 Å². The van der Waals surface area contributed by atoms with E-state index in [1.807, 2.05) is 13.8 Å². The minimum absolute atomic E-state index is 0.148. The number of ether oxygens (including phenoxy) is 1. The van der Waals surface area contributed by atoms with E-state index in [4.69, 9.17) is 4.74 Å². The Kier molecular flexibility index (Phi) is 8.11. The lowest BCUT2D eigenvalue weighted by molar-refractivity contribution is -0.123. The molecule has 0 aliphatic carbocycles. The molecule has 1 aromatic carbocycles. The van der Waals surface area contributed by atoms with Gasteiger partial charge in [0.15, 0.2) is 6.61 Å². The van der Waals surface area contributed by atoms with Crippen LogP contribution in [-0.4, -0.2) is 41.0 Å². The number of urea groups is 1. The molecular formula is C16H22N2O5S. The quantitative estimate of drug-likeness (QED) is 0.722. The highest BCUT2D eigenvalue weighted by molar-refractivity contribution is 7.85. The number of hydrogen-bond acceptors (Lipinski definition) is 5. The number of carbonyl (C=O) groups excluding carboxylic acids is 3. The molecule has 1 aromatic rings. The van der Waals surface area contributed by atoms with Crippen LogP contribution in [0.5, 0.6) is 0 Å². The van der Waals surface area contributed by atoms with Gasteiger partial charge in [-0.15, -0.1) is 0 Å². The minimum atomic E-state index is -1.32. The molecule has 0 aromatic heterocycles. The van der Waals surface area contributed by atoms with Crippen LogP contribution in [0.1, 0.15) is 31.1 Å².